The van der Waals surface area contributed by atoms with Gasteiger partial charge in [0.05, 0.1) is 17.1 Å². The van der Waals surface area contributed by atoms with Gasteiger partial charge < -0.3 is 14.7 Å². The third kappa shape index (κ3) is 5.78. The first-order chi connectivity index (χ1) is 14.6. The fourth-order valence-corrected chi connectivity index (χ4v) is 2.72. The molecule has 2 heterocycles. The van der Waals surface area contributed by atoms with Crippen molar-refractivity contribution in [3.63, 3.8) is 0 Å². The van der Waals surface area contributed by atoms with Gasteiger partial charge in [-0.05, 0) is 18.2 Å². The van der Waals surface area contributed by atoms with E-state index in [0.717, 1.165) is 17.0 Å². The molecule has 0 aliphatic rings. The van der Waals surface area contributed by atoms with E-state index in [-0.39, 0.29) is 36.8 Å². The predicted molar refractivity (Wildman–Crippen MR) is 101 cm³/mol. The van der Waals surface area contributed by atoms with E-state index in [1.165, 1.54) is 19.4 Å². The van der Waals surface area contributed by atoms with Crippen LogP contribution >= 0.6 is 11.6 Å². The van der Waals surface area contributed by atoms with E-state index >= 15 is 0 Å². The van der Waals surface area contributed by atoms with Crippen molar-refractivity contribution < 1.29 is 27.3 Å². The molecule has 0 fully saturated rings. The van der Waals surface area contributed by atoms with Crippen LogP contribution in [0, 0.1) is 0 Å². The van der Waals surface area contributed by atoms with Gasteiger partial charge in [-0.15, -0.1) is 0 Å². The number of likely N-dealkylation sites (N-methyl/N-ethyl adjacent to an activating group) is 1. The van der Waals surface area contributed by atoms with Crippen molar-refractivity contribution >= 4 is 29.1 Å². The van der Waals surface area contributed by atoms with Crippen molar-refractivity contribution in [3.8, 4) is 11.6 Å². The molecule has 2 aromatic heterocycles. The second kappa shape index (κ2) is 9.12. The van der Waals surface area contributed by atoms with Gasteiger partial charge >= 0.3 is 6.18 Å². The summed E-state index contributed by atoms with van der Waals surface area (Å²) in [5.74, 6) is -0.378. The molecule has 3 rings (SSSR count). The molecule has 14 heteroatoms. The fourth-order valence-electron chi connectivity index (χ4n) is 2.49. The summed E-state index contributed by atoms with van der Waals surface area (Å²) in [5.41, 5.74) is -1.16. The number of alkyl halides is 3. The maximum absolute atomic E-state index is 12.9. The average molecular weight is 458 g/mol. The number of hydrogen-bond donors (Lipinski definition) is 2. The molecule has 0 aliphatic heterocycles. The molecule has 0 atom stereocenters. The number of carbonyl (C=O) groups is 2. The minimum atomic E-state index is -4.66. The Hall–Kier alpha value is -3.48. The normalized spacial score (nSPS) is 11.4. The number of halogens is 4. The number of aromatic nitrogens is 5. The molecule has 2 amide bonds. The number of hydrogen-bond acceptors (Lipinski definition) is 7. The topological polar surface area (TPSA) is 130 Å². The lowest BCUT2D eigenvalue weighted by molar-refractivity contribution is -0.137. The number of aromatic amines is 1. The van der Waals surface area contributed by atoms with Crippen LogP contribution in [-0.4, -0.2) is 55.6 Å². The summed E-state index contributed by atoms with van der Waals surface area (Å²) in [4.78, 5) is 33.4. The molecule has 0 saturated carbocycles. The van der Waals surface area contributed by atoms with Gasteiger partial charge in [-0.3, -0.25) is 14.7 Å². The fraction of sp³-hybridized carbons (Fsp3) is 0.294. The second-order valence-electron chi connectivity index (χ2n) is 6.34. The van der Waals surface area contributed by atoms with E-state index in [1.807, 2.05) is 0 Å². The van der Waals surface area contributed by atoms with Gasteiger partial charge in [0.2, 0.25) is 23.5 Å². The summed E-state index contributed by atoms with van der Waals surface area (Å²) in [6.45, 7) is -0.365. The third-order valence-corrected chi connectivity index (χ3v) is 4.34. The van der Waals surface area contributed by atoms with E-state index in [0.29, 0.717) is 5.82 Å². The zero-order valence-electron chi connectivity index (χ0n) is 15.9. The van der Waals surface area contributed by atoms with Gasteiger partial charge in [0.25, 0.3) is 0 Å². The zero-order chi connectivity index (χ0) is 22.6. The maximum atomic E-state index is 12.9. The Bertz CT molecular complexity index is 1070. The Morgan fingerprint density at radius 1 is 1.32 bits per heavy atom. The lowest BCUT2D eigenvalue weighted by Crippen LogP contribution is -2.35. The number of nitrogens with one attached hydrogen (secondary N) is 2. The van der Waals surface area contributed by atoms with Crippen LogP contribution in [0.1, 0.15) is 17.9 Å². The van der Waals surface area contributed by atoms with Crippen LogP contribution in [0.3, 0.4) is 0 Å². The Morgan fingerprint density at radius 2 is 2.10 bits per heavy atom. The Balaban J connectivity index is 1.51. The van der Waals surface area contributed by atoms with Gasteiger partial charge in [-0.25, -0.2) is 4.98 Å². The summed E-state index contributed by atoms with van der Waals surface area (Å²) < 4.78 is 43.8. The maximum Gasteiger partial charge on any atom is 0.417 e. The Morgan fingerprint density at radius 3 is 2.77 bits per heavy atom. The van der Waals surface area contributed by atoms with Gasteiger partial charge in [0, 0.05) is 25.6 Å². The smallest absolute Gasteiger partial charge is 0.339 e. The molecule has 10 nitrogen and oxygen atoms in total. The van der Waals surface area contributed by atoms with E-state index in [2.05, 4.69) is 30.6 Å². The molecule has 1 aromatic carbocycles. The number of amides is 2. The highest BCUT2D eigenvalue weighted by atomic mass is 35.5. The average Bonchev–Trinajstić information content (AvgIpc) is 3.38. The van der Waals surface area contributed by atoms with Crippen LogP contribution in [-0.2, 0) is 22.2 Å². The highest BCUT2D eigenvalue weighted by Crippen LogP contribution is 2.36. The standard InChI is InChI=1S/C17H15ClF3N7O3/c1-28(7-12(29)24-9-2-3-11(18)10(6-9)17(19,20)21)14(30)5-4-13-25-16(27-31-13)15-22-8-23-26-15/h2-3,6,8H,4-5,7H2,1H3,(H,24,29)(H,22,23,26). The largest absolute Gasteiger partial charge is 0.417 e. The van der Waals surface area contributed by atoms with Gasteiger partial charge in [0.15, 0.2) is 5.82 Å². The van der Waals surface area contributed by atoms with Crippen LogP contribution < -0.4 is 5.32 Å². The molecule has 0 radical (unpaired) electrons. The number of rotatable bonds is 7. The van der Waals surface area contributed by atoms with Gasteiger partial charge in [-0.1, -0.05) is 16.8 Å². The summed E-state index contributed by atoms with van der Waals surface area (Å²) in [7, 11) is 1.39. The quantitative estimate of drug-likeness (QED) is 0.557. The minimum Gasteiger partial charge on any atom is -0.339 e. The van der Waals surface area contributed by atoms with Crippen LogP contribution in [0.15, 0.2) is 29.0 Å². The molecular formula is C17H15ClF3N7O3. The number of nitrogens with zero attached hydrogens (tertiary/aromatic N) is 5. The zero-order valence-corrected chi connectivity index (χ0v) is 16.7. The molecule has 0 spiro atoms. The SMILES string of the molecule is CN(CC(=O)Nc1ccc(Cl)c(C(F)(F)F)c1)C(=O)CCc1nc(-c2ncn[nH]2)no1. The molecule has 0 bridgehead atoms. The minimum absolute atomic E-state index is 0.0268. The molecule has 2 N–H and O–H groups in total. The molecular weight excluding hydrogens is 443 g/mol. The lowest BCUT2D eigenvalue weighted by Gasteiger charge is -2.17. The van der Waals surface area contributed by atoms with E-state index in [9.17, 15) is 22.8 Å². The van der Waals surface area contributed by atoms with Crippen LogP contribution in [0.25, 0.3) is 11.6 Å². The van der Waals surface area contributed by atoms with Crippen molar-refractivity contribution in [3.05, 3.63) is 41.0 Å². The number of benzene rings is 1. The molecule has 0 aliphatic carbocycles. The second-order valence-corrected chi connectivity index (χ2v) is 6.74. The number of carbonyl (C=O) groups excluding carboxylic acids is 2. The third-order valence-electron chi connectivity index (χ3n) is 4.01. The number of H-pyrrole nitrogens is 1. The first-order valence-corrected chi connectivity index (χ1v) is 9.10. The molecule has 0 unspecified atom stereocenters. The molecule has 3 aromatic rings. The van der Waals surface area contributed by atoms with Crippen molar-refractivity contribution in [2.45, 2.75) is 19.0 Å². The van der Waals surface area contributed by atoms with Gasteiger partial charge in [-0.2, -0.15) is 23.3 Å². The highest BCUT2D eigenvalue weighted by Gasteiger charge is 2.33. The molecule has 164 valence electrons. The van der Waals surface area contributed by atoms with E-state index < -0.39 is 28.6 Å². The van der Waals surface area contributed by atoms with E-state index in [4.69, 9.17) is 16.1 Å². The Labute approximate surface area is 177 Å². The van der Waals surface area contributed by atoms with E-state index in [1.54, 1.807) is 0 Å². The highest BCUT2D eigenvalue weighted by molar-refractivity contribution is 6.31. The number of aryl methyl sites for hydroxylation is 1. The summed E-state index contributed by atoms with van der Waals surface area (Å²) in [6, 6.07) is 3.00. The summed E-state index contributed by atoms with van der Waals surface area (Å²) in [6.07, 6.45) is -3.28. The Kier molecular flexibility index (Phi) is 6.53. The van der Waals surface area contributed by atoms with Crippen molar-refractivity contribution in [1.82, 2.24) is 30.2 Å². The monoisotopic (exact) mass is 457 g/mol. The predicted octanol–water partition coefficient (Wildman–Crippen LogP) is 2.56. The van der Waals surface area contributed by atoms with Crippen LogP contribution in [0.5, 0.6) is 0 Å². The number of anilines is 1. The van der Waals surface area contributed by atoms with Gasteiger partial charge in [0.1, 0.15) is 6.33 Å². The van der Waals surface area contributed by atoms with Crippen molar-refractivity contribution in [2.75, 3.05) is 18.9 Å². The molecule has 0 saturated heterocycles. The summed E-state index contributed by atoms with van der Waals surface area (Å²) in [5, 5.41) is 11.8. The van der Waals surface area contributed by atoms with Crippen LogP contribution in [0.2, 0.25) is 5.02 Å². The van der Waals surface area contributed by atoms with Crippen LogP contribution in [0.4, 0.5) is 18.9 Å². The first kappa shape index (κ1) is 22.2. The lowest BCUT2D eigenvalue weighted by atomic mass is 10.2. The molecule has 31 heavy (non-hydrogen) atoms. The van der Waals surface area contributed by atoms with Crippen molar-refractivity contribution in [1.29, 1.82) is 0 Å². The first-order valence-electron chi connectivity index (χ1n) is 8.72. The van der Waals surface area contributed by atoms with Crippen molar-refractivity contribution in [2.24, 2.45) is 0 Å². The summed E-state index contributed by atoms with van der Waals surface area (Å²) >= 11 is 5.55.